The highest BCUT2D eigenvalue weighted by Crippen LogP contribution is 2.42. The molecule has 0 spiro atoms. The van der Waals surface area contributed by atoms with Crippen LogP contribution in [0.3, 0.4) is 0 Å². The van der Waals surface area contributed by atoms with Gasteiger partial charge in [-0.25, -0.2) is 0 Å². The summed E-state index contributed by atoms with van der Waals surface area (Å²) in [6, 6.07) is 0.0452. The molecule has 0 aromatic rings. The molecule has 1 saturated carbocycles. The molecular weight excluding hydrogens is 269 g/mol. The van der Waals surface area contributed by atoms with Crippen molar-refractivity contribution in [1.29, 1.82) is 0 Å². The van der Waals surface area contributed by atoms with Gasteiger partial charge in [0, 0.05) is 25.0 Å². The van der Waals surface area contributed by atoms with Gasteiger partial charge in [0.05, 0.1) is 5.92 Å². The number of carbonyl (C=O) groups is 1. The fraction of sp³-hybridized carbons (Fsp3) is 0.929. The summed E-state index contributed by atoms with van der Waals surface area (Å²) < 4.78 is 39.2. The molecule has 4 unspecified atom stereocenters. The van der Waals surface area contributed by atoms with Crippen molar-refractivity contribution in [3.05, 3.63) is 0 Å². The van der Waals surface area contributed by atoms with Crippen LogP contribution in [0.2, 0.25) is 0 Å². The Morgan fingerprint density at radius 1 is 1.20 bits per heavy atom. The molecule has 6 heteroatoms. The van der Waals surface area contributed by atoms with E-state index in [1.165, 1.54) is 0 Å². The maximum Gasteiger partial charge on any atom is 0.392 e. The molecule has 4 atom stereocenters. The first kappa shape index (κ1) is 15.6. The van der Waals surface area contributed by atoms with Crippen LogP contribution < -0.4 is 5.73 Å². The largest absolute Gasteiger partial charge is 0.392 e. The van der Waals surface area contributed by atoms with Crippen molar-refractivity contribution in [2.24, 2.45) is 23.5 Å². The lowest BCUT2D eigenvalue weighted by Gasteiger charge is -2.40. The Kier molecular flexibility index (Phi) is 4.62. The van der Waals surface area contributed by atoms with E-state index in [1.54, 1.807) is 4.90 Å². The molecule has 0 radical (unpaired) electrons. The Balaban J connectivity index is 2.06. The first-order chi connectivity index (χ1) is 9.30. The molecule has 3 nitrogen and oxygen atoms in total. The van der Waals surface area contributed by atoms with E-state index in [1.807, 2.05) is 6.92 Å². The van der Waals surface area contributed by atoms with Crippen molar-refractivity contribution in [2.45, 2.75) is 51.2 Å². The summed E-state index contributed by atoms with van der Waals surface area (Å²) in [4.78, 5) is 14.0. The van der Waals surface area contributed by atoms with E-state index >= 15 is 0 Å². The second kappa shape index (κ2) is 5.92. The Morgan fingerprint density at radius 3 is 2.45 bits per heavy atom. The molecule has 0 bridgehead atoms. The van der Waals surface area contributed by atoms with Crippen LogP contribution >= 0.6 is 0 Å². The van der Waals surface area contributed by atoms with Crippen LogP contribution in [0, 0.1) is 17.8 Å². The topological polar surface area (TPSA) is 46.3 Å². The van der Waals surface area contributed by atoms with E-state index in [0.29, 0.717) is 38.8 Å². The fourth-order valence-corrected chi connectivity index (χ4v) is 3.42. The van der Waals surface area contributed by atoms with Crippen LogP contribution in [-0.2, 0) is 4.79 Å². The zero-order valence-corrected chi connectivity index (χ0v) is 11.8. The summed E-state index contributed by atoms with van der Waals surface area (Å²) in [6.07, 6.45) is -1.86. The number of halogens is 3. The van der Waals surface area contributed by atoms with Crippen LogP contribution in [0.15, 0.2) is 0 Å². The van der Waals surface area contributed by atoms with E-state index < -0.39 is 18.0 Å². The average molecular weight is 292 g/mol. The number of amides is 1. The molecule has 2 fully saturated rings. The molecule has 2 aliphatic rings. The summed E-state index contributed by atoms with van der Waals surface area (Å²) in [7, 11) is 0. The van der Waals surface area contributed by atoms with Crippen molar-refractivity contribution in [3.63, 3.8) is 0 Å². The van der Waals surface area contributed by atoms with Gasteiger partial charge in [-0.05, 0) is 25.2 Å². The van der Waals surface area contributed by atoms with Gasteiger partial charge in [0.25, 0.3) is 0 Å². The van der Waals surface area contributed by atoms with Crippen LogP contribution in [0.1, 0.15) is 39.0 Å². The van der Waals surface area contributed by atoms with Crippen molar-refractivity contribution in [1.82, 2.24) is 4.90 Å². The number of piperidine rings is 1. The summed E-state index contributed by atoms with van der Waals surface area (Å²) >= 11 is 0. The normalized spacial score (nSPS) is 36.0. The highest BCUT2D eigenvalue weighted by atomic mass is 19.4. The van der Waals surface area contributed by atoms with E-state index in [0.717, 1.165) is 0 Å². The zero-order chi connectivity index (χ0) is 14.9. The summed E-state index contributed by atoms with van der Waals surface area (Å²) in [5.41, 5.74) is 5.90. The fourth-order valence-electron chi connectivity index (χ4n) is 3.42. The number of carbonyl (C=O) groups excluding carboxylic acids is 1. The Labute approximate surface area is 117 Å². The molecule has 1 amide bonds. The molecule has 0 aromatic carbocycles. The lowest BCUT2D eigenvalue weighted by atomic mass is 9.77. The third-order valence-corrected chi connectivity index (χ3v) is 4.79. The van der Waals surface area contributed by atoms with E-state index in [-0.39, 0.29) is 24.3 Å². The van der Waals surface area contributed by atoms with Gasteiger partial charge >= 0.3 is 6.18 Å². The van der Waals surface area contributed by atoms with Crippen molar-refractivity contribution < 1.29 is 18.0 Å². The number of nitrogens with zero attached hydrogens (tertiary/aromatic N) is 1. The molecule has 2 rings (SSSR count). The third-order valence-electron chi connectivity index (χ3n) is 4.79. The van der Waals surface area contributed by atoms with Crippen LogP contribution in [0.5, 0.6) is 0 Å². The number of hydrogen-bond acceptors (Lipinski definition) is 2. The molecule has 0 aromatic heterocycles. The molecule has 20 heavy (non-hydrogen) atoms. The van der Waals surface area contributed by atoms with Gasteiger partial charge in [-0.1, -0.05) is 19.8 Å². The average Bonchev–Trinajstić information content (AvgIpc) is 2.40. The number of alkyl halides is 3. The van der Waals surface area contributed by atoms with Crippen molar-refractivity contribution in [2.75, 3.05) is 13.1 Å². The highest BCUT2D eigenvalue weighted by Gasteiger charge is 2.49. The standard InChI is InChI=1S/C14H23F3N2O/c1-9-8-19(7-6-12(9)18)13(20)10-4-2-3-5-11(10)14(15,16)17/h9-12H,2-8,18H2,1H3. The zero-order valence-electron chi connectivity index (χ0n) is 11.8. The second-order valence-corrected chi connectivity index (χ2v) is 6.25. The Morgan fingerprint density at radius 2 is 1.85 bits per heavy atom. The van der Waals surface area contributed by atoms with Gasteiger partial charge in [0.15, 0.2) is 0 Å². The quantitative estimate of drug-likeness (QED) is 0.807. The molecular formula is C14H23F3N2O. The summed E-state index contributed by atoms with van der Waals surface area (Å²) in [5, 5.41) is 0. The maximum atomic E-state index is 13.1. The molecule has 1 aliphatic heterocycles. The van der Waals surface area contributed by atoms with Gasteiger partial charge in [0.2, 0.25) is 5.91 Å². The first-order valence-electron chi connectivity index (χ1n) is 7.41. The minimum Gasteiger partial charge on any atom is -0.342 e. The lowest BCUT2D eigenvalue weighted by Crippen LogP contribution is -2.52. The third kappa shape index (κ3) is 3.27. The monoisotopic (exact) mass is 292 g/mol. The number of nitrogens with two attached hydrogens (primary N) is 1. The number of rotatable bonds is 1. The minimum atomic E-state index is -4.27. The van der Waals surface area contributed by atoms with E-state index in [2.05, 4.69) is 0 Å². The first-order valence-corrected chi connectivity index (χ1v) is 7.41. The summed E-state index contributed by atoms with van der Waals surface area (Å²) in [5.74, 6) is -2.51. The molecule has 1 heterocycles. The predicted octanol–water partition coefficient (Wildman–Crippen LogP) is 2.55. The smallest absolute Gasteiger partial charge is 0.342 e. The Bertz CT molecular complexity index is 359. The molecule has 116 valence electrons. The highest BCUT2D eigenvalue weighted by molar-refractivity contribution is 5.79. The molecule has 2 N–H and O–H groups in total. The van der Waals surface area contributed by atoms with Crippen LogP contribution in [0.4, 0.5) is 13.2 Å². The van der Waals surface area contributed by atoms with Gasteiger partial charge in [-0.2, -0.15) is 13.2 Å². The number of likely N-dealkylation sites (tertiary alicyclic amines) is 1. The number of hydrogen-bond donors (Lipinski definition) is 1. The van der Waals surface area contributed by atoms with E-state index in [9.17, 15) is 18.0 Å². The van der Waals surface area contributed by atoms with Crippen LogP contribution in [-0.4, -0.2) is 36.1 Å². The lowest BCUT2D eigenvalue weighted by molar-refractivity contribution is -0.201. The Hall–Kier alpha value is -0.780. The second-order valence-electron chi connectivity index (χ2n) is 6.25. The predicted molar refractivity (Wildman–Crippen MR) is 69.8 cm³/mol. The van der Waals surface area contributed by atoms with Gasteiger partial charge in [-0.3, -0.25) is 4.79 Å². The molecule has 1 saturated heterocycles. The maximum absolute atomic E-state index is 13.1. The van der Waals surface area contributed by atoms with Gasteiger partial charge in [-0.15, -0.1) is 0 Å². The van der Waals surface area contributed by atoms with Gasteiger partial charge in [0.1, 0.15) is 0 Å². The van der Waals surface area contributed by atoms with Crippen LogP contribution in [0.25, 0.3) is 0 Å². The summed E-state index contributed by atoms with van der Waals surface area (Å²) in [6.45, 7) is 2.93. The van der Waals surface area contributed by atoms with Crippen molar-refractivity contribution in [3.8, 4) is 0 Å². The molecule has 1 aliphatic carbocycles. The van der Waals surface area contributed by atoms with Crippen molar-refractivity contribution >= 4 is 5.91 Å². The van der Waals surface area contributed by atoms with Gasteiger partial charge < -0.3 is 10.6 Å². The van der Waals surface area contributed by atoms with E-state index in [4.69, 9.17) is 5.73 Å². The SMILES string of the molecule is CC1CN(C(=O)C2CCCCC2C(F)(F)F)CCC1N. The minimum absolute atomic E-state index is 0.0452.